The van der Waals surface area contributed by atoms with E-state index >= 15 is 0 Å². The number of benzene rings is 2. The lowest BCUT2D eigenvalue weighted by molar-refractivity contribution is -0.286. The molecule has 0 radical (unpaired) electrons. The molecule has 1 saturated carbocycles. The van der Waals surface area contributed by atoms with E-state index < -0.39 is 6.29 Å². The molecule has 1 aliphatic heterocycles. The maximum absolute atomic E-state index is 13.1. The Morgan fingerprint density at radius 3 is 2.57 bits per heavy atom. The van der Waals surface area contributed by atoms with Gasteiger partial charge in [-0.3, -0.25) is 9.59 Å². The summed E-state index contributed by atoms with van der Waals surface area (Å²) in [6.07, 6.45) is 0.442. The van der Waals surface area contributed by atoms with Crippen LogP contribution in [0.5, 0.6) is 11.5 Å². The molecular weight excluding hydrogens is 396 g/mol. The minimum absolute atomic E-state index is 0.0720. The highest BCUT2D eigenvalue weighted by Gasteiger charge is 2.43. The first-order valence-corrected chi connectivity index (χ1v) is 9.73. The molecule has 2 aliphatic rings. The summed E-state index contributed by atoms with van der Waals surface area (Å²) in [5.41, 5.74) is 1.21. The average Bonchev–Trinajstić information content (AvgIpc) is 3.32. The average molecular weight is 417 g/mol. The van der Waals surface area contributed by atoms with E-state index in [0.29, 0.717) is 16.9 Å². The summed E-state index contributed by atoms with van der Waals surface area (Å²) < 4.78 is 34.9. The third kappa shape index (κ3) is 4.61. The van der Waals surface area contributed by atoms with Gasteiger partial charge in [0.25, 0.3) is 5.91 Å². The number of alkyl halides is 2. The van der Waals surface area contributed by atoms with Crippen LogP contribution in [0.4, 0.5) is 20.2 Å². The standard InChI is InChI=1S/C21H21F2N3O4/c22-21(23)29-17-10-9-14(11-18(17)30-21)24-12-19(27)26-16-8-4-3-7-15(16)20(28)25-13-5-1-2-6-13/h3-4,7-11,13,24H,1-2,5-6,12H2,(H,25,28)(H,26,27). The fourth-order valence-electron chi connectivity index (χ4n) is 3.56. The second-order valence-electron chi connectivity index (χ2n) is 7.23. The first-order valence-electron chi connectivity index (χ1n) is 9.73. The zero-order valence-corrected chi connectivity index (χ0v) is 16.0. The number of amides is 2. The van der Waals surface area contributed by atoms with E-state index in [1.54, 1.807) is 24.3 Å². The number of carbonyl (C=O) groups excluding carboxylic acids is 2. The van der Waals surface area contributed by atoms with Gasteiger partial charge in [-0.1, -0.05) is 25.0 Å². The van der Waals surface area contributed by atoms with Gasteiger partial charge in [0.2, 0.25) is 5.91 Å². The minimum Gasteiger partial charge on any atom is -0.395 e. The summed E-state index contributed by atoms with van der Waals surface area (Å²) >= 11 is 0. The molecule has 9 heteroatoms. The van der Waals surface area contributed by atoms with Crippen LogP contribution in [-0.2, 0) is 4.79 Å². The van der Waals surface area contributed by atoms with E-state index in [1.807, 2.05) is 0 Å². The lowest BCUT2D eigenvalue weighted by atomic mass is 10.1. The molecule has 4 rings (SSSR count). The molecule has 0 atom stereocenters. The van der Waals surface area contributed by atoms with E-state index in [2.05, 4.69) is 25.4 Å². The summed E-state index contributed by atoms with van der Waals surface area (Å²) in [5, 5.41) is 8.55. The van der Waals surface area contributed by atoms with Gasteiger partial charge in [-0.2, -0.15) is 0 Å². The van der Waals surface area contributed by atoms with Crippen LogP contribution in [-0.4, -0.2) is 30.7 Å². The number of nitrogens with one attached hydrogen (secondary N) is 3. The van der Waals surface area contributed by atoms with Crippen LogP contribution in [0.15, 0.2) is 42.5 Å². The van der Waals surface area contributed by atoms with Gasteiger partial charge < -0.3 is 25.4 Å². The molecule has 0 aromatic heterocycles. The van der Waals surface area contributed by atoms with Gasteiger partial charge >= 0.3 is 6.29 Å². The Hall–Kier alpha value is -3.36. The molecule has 3 N–H and O–H groups in total. The number of anilines is 2. The third-order valence-electron chi connectivity index (χ3n) is 4.99. The number of ether oxygens (including phenoxy) is 2. The molecule has 0 unspecified atom stereocenters. The van der Waals surface area contributed by atoms with Gasteiger partial charge in [-0.25, -0.2) is 0 Å². The molecule has 2 amide bonds. The van der Waals surface area contributed by atoms with Crippen molar-refractivity contribution in [3.05, 3.63) is 48.0 Å². The molecule has 2 aromatic rings. The minimum atomic E-state index is -3.69. The highest BCUT2D eigenvalue weighted by Crippen LogP contribution is 2.42. The zero-order chi connectivity index (χ0) is 21.1. The first kappa shape index (κ1) is 19.9. The van der Waals surface area contributed by atoms with Crippen LogP contribution in [0.2, 0.25) is 0 Å². The van der Waals surface area contributed by atoms with Gasteiger partial charge in [0.1, 0.15) is 0 Å². The Morgan fingerprint density at radius 2 is 1.77 bits per heavy atom. The first-order chi connectivity index (χ1) is 14.4. The zero-order valence-electron chi connectivity index (χ0n) is 16.0. The number of halogens is 2. The Morgan fingerprint density at radius 1 is 1.03 bits per heavy atom. The lowest BCUT2D eigenvalue weighted by Crippen LogP contribution is -2.33. The number of hydrogen-bond donors (Lipinski definition) is 3. The van der Waals surface area contributed by atoms with Crippen molar-refractivity contribution in [2.75, 3.05) is 17.2 Å². The van der Waals surface area contributed by atoms with Gasteiger partial charge in [-0.05, 0) is 37.1 Å². The van der Waals surface area contributed by atoms with Gasteiger partial charge in [0.15, 0.2) is 11.5 Å². The number of rotatable bonds is 6. The number of hydrogen-bond acceptors (Lipinski definition) is 5. The summed E-state index contributed by atoms with van der Waals surface area (Å²) in [4.78, 5) is 24.9. The van der Waals surface area contributed by atoms with Crippen LogP contribution in [0.25, 0.3) is 0 Å². The van der Waals surface area contributed by atoms with Crippen molar-refractivity contribution in [1.29, 1.82) is 0 Å². The molecule has 2 aromatic carbocycles. The highest BCUT2D eigenvalue weighted by molar-refractivity contribution is 6.04. The number of fused-ring (bicyclic) bond motifs is 1. The van der Waals surface area contributed by atoms with Crippen LogP contribution >= 0.6 is 0 Å². The molecule has 0 saturated heterocycles. The van der Waals surface area contributed by atoms with Crippen LogP contribution < -0.4 is 25.4 Å². The highest BCUT2D eigenvalue weighted by atomic mass is 19.3. The van der Waals surface area contributed by atoms with Crippen molar-refractivity contribution in [3.63, 3.8) is 0 Å². The Labute approximate surface area is 171 Å². The predicted octanol–water partition coefficient (Wildman–Crippen LogP) is 3.73. The molecular formula is C21H21F2N3O4. The van der Waals surface area contributed by atoms with Crippen LogP contribution in [0.3, 0.4) is 0 Å². The molecule has 0 spiro atoms. The van der Waals surface area contributed by atoms with Crippen LogP contribution in [0, 0.1) is 0 Å². The molecule has 0 bridgehead atoms. The number of para-hydroxylation sites is 1. The summed E-state index contributed by atoms with van der Waals surface area (Å²) in [5.74, 6) is -0.793. The molecule has 30 heavy (non-hydrogen) atoms. The fourth-order valence-corrected chi connectivity index (χ4v) is 3.56. The van der Waals surface area contributed by atoms with Crippen molar-refractivity contribution in [1.82, 2.24) is 5.32 Å². The predicted molar refractivity (Wildman–Crippen MR) is 106 cm³/mol. The van der Waals surface area contributed by atoms with E-state index in [4.69, 9.17) is 0 Å². The van der Waals surface area contributed by atoms with E-state index in [-0.39, 0.29) is 35.9 Å². The van der Waals surface area contributed by atoms with Gasteiger partial charge in [0.05, 0.1) is 17.8 Å². The second kappa shape index (κ2) is 8.17. The molecule has 7 nitrogen and oxygen atoms in total. The monoisotopic (exact) mass is 417 g/mol. The smallest absolute Gasteiger partial charge is 0.395 e. The van der Waals surface area contributed by atoms with Crippen molar-refractivity contribution in [3.8, 4) is 11.5 Å². The Bertz CT molecular complexity index is 961. The van der Waals surface area contributed by atoms with Gasteiger partial charge in [0, 0.05) is 17.8 Å². The molecule has 158 valence electrons. The lowest BCUT2D eigenvalue weighted by Gasteiger charge is -2.15. The third-order valence-corrected chi connectivity index (χ3v) is 4.99. The molecule has 1 heterocycles. The van der Waals surface area contributed by atoms with Crippen LogP contribution in [0.1, 0.15) is 36.0 Å². The van der Waals surface area contributed by atoms with E-state index in [1.165, 1.54) is 18.2 Å². The summed E-state index contributed by atoms with van der Waals surface area (Å²) in [6.45, 7) is -0.130. The number of carbonyl (C=O) groups is 2. The molecule has 1 aliphatic carbocycles. The maximum Gasteiger partial charge on any atom is 0.586 e. The van der Waals surface area contributed by atoms with Crippen molar-refractivity contribution in [2.24, 2.45) is 0 Å². The van der Waals surface area contributed by atoms with E-state index in [0.717, 1.165) is 25.7 Å². The summed E-state index contributed by atoms with van der Waals surface area (Å²) in [7, 11) is 0. The Balaban J connectivity index is 1.35. The quantitative estimate of drug-likeness (QED) is 0.667. The van der Waals surface area contributed by atoms with E-state index in [9.17, 15) is 18.4 Å². The van der Waals surface area contributed by atoms with Crippen molar-refractivity contribution in [2.45, 2.75) is 38.0 Å². The second-order valence-corrected chi connectivity index (χ2v) is 7.23. The van der Waals surface area contributed by atoms with Crippen molar-refractivity contribution >= 4 is 23.2 Å². The maximum atomic E-state index is 13.1. The largest absolute Gasteiger partial charge is 0.586 e. The van der Waals surface area contributed by atoms with Gasteiger partial charge in [-0.15, -0.1) is 8.78 Å². The SMILES string of the molecule is O=C(CNc1ccc2c(c1)OC(F)(F)O2)Nc1ccccc1C(=O)NC1CCCC1. The molecule has 1 fully saturated rings. The summed E-state index contributed by atoms with van der Waals surface area (Å²) in [6, 6.07) is 11.1. The fraction of sp³-hybridized carbons (Fsp3) is 0.333. The Kier molecular flexibility index (Phi) is 5.43. The normalized spacial score (nSPS) is 16.9. The topological polar surface area (TPSA) is 88.7 Å². The van der Waals surface area contributed by atoms with Crippen molar-refractivity contribution < 1.29 is 27.8 Å².